The van der Waals surface area contributed by atoms with Crippen molar-refractivity contribution in [1.82, 2.24) is 0 Å². The zero-order chi connectivity index (χ0) is 14.5. The van der Waals surface area contributed by atoms with Crippen molar-refractivity contribution in [3.05, 3.63) is 35.4 Å². The van der Waals surface area contributed by atoms with Gasteiger partial charge in [0.1, 0.15) is 0 Å². The fourth-order valence-corrected chi connectivity index (χ4v) is 2.22. The average Bonchev–Trinajstić information content (AvgIpc) is 2.28. The van der Waals surface area contributed by atoms with Gasteiger partial charge in [-0.3, -0.25) is 8.98 Å². The maximum atomic E-state index is 11.1. The van der Waals surface area contributed by atoms with Crippen molar-refractivity contribution < 1.29 is 22.5 Å². The van der Waals surface area contributed by atoms with E-state index in [1.807, 2.05) is 13.0 Å². The fourth-order valence-electron chi connectivity index (χ4n) is 1.83. The van der Waals surface area contributed by atoms with Gasteiger partial charge in [-0.05, 0) is 24.0 Å². The Balaban J connectivity index is 2.74. The highest BCUT2D eigenvalue weighted by molar-refractivity contribution is 7.85. The number of rotatable bonds is 7. The molecule has 0 fully saturated rings. The van der Waals surface area contributed by atoms with Crippen molar-refractivity contribution in [3.8, 4) is 0 Å². The lowest BCUT2D eigenvalue weighted by molar-refractivity contribution is -0.138. The molecule has 0 aliphatic heterocycles. The second-order valence-electron chi connectivity index (χ2n) is 4.32. The first kappa shape index (κ1) is 15.7. The minimum atomic E-state index is -3.43. The molecular formula is C13H18O5S. The van der Waals surface area contributed by atoms with Gasteiger partial charge in [-0.2, -0.15) is 8.42 Å². The van der Waals surface area contributed by atoms with Crippen LogP contribution in [0, 0.1) is 0 Å². The van der Waals surface area contributed by atoms with E-state index in [2.05, 4.69) is 4.18 Å². The third-order valence-electron chi connectivity index (χ3n) is 2.75. The van der Waals surface area contributed by atoms with E-state index < -0.39 is 22.0 Å². The van der Waals surface area contributed by atoms with Crippen LogP contribution in [0.15, 0.2) is 24.3 Å². The van der Waals surface area contributed by atoms with Gasteiger partial charge in [0.2, 0.25) is 0 Å². The van der Waals surface area contributed by atoms with Gasteiger partial charge in [-0.15, -0.1) is 0 Å². The molecule has 5 nitrogen and oxygen atoms in total. The summed E-state index contributed by atoms with van der Waals surface area (Å²) in [5, 5.41) is 9.10. The van der Waals surface area contributed by atoms with Crippen molar-refractivity contribution in [2.45, 2.75) is 25.7 Å². The fraction of sp³-hybridized carbons (Fsp3) is 0.462. The number of carbonyl (C=O) groups is 1. The van der Waals surface area contributed by atoms with Crippen molar-refractivity contribution >= 4 is 16.1 Å². The summed E-state index contributed by atoms with van der Waals surface area (Å²) < 4.78 is 26.3. The molecule has 0 aliphatic carbocycles. The molecule has 0 bridgehead atoms. The molecule has 1 aromatic rings. The van der Waals surface area contributed by atoms with Gasteiger partial charge in [0.15, 0.2) is 0 Å². The summed E-state index contributed by atoms with van der Waals surface area (Å²) in [6.07, 6.45) is 1.94. The Morgan fingerprint density at radius 3 is 2.63 bits per heavy atom. The number of carboxylic acids is 1. The molecule has 0 spiro atoms. The summed E-state index contributed by atoms with van der Waals surface area (Å²) in [7, 11) is -3.43. The quantitative estimate of drug-likeness (QED) is 0.773. The molecule has 0 radical (unpaired) electrons. The van der Waals surface area contributed by atoms with Gasteiger partial charge >= 0.3 is 5.97 Å². The predicted molar refractivity (Wildman–Crippen MR) is 71.6 cm³/mol. The van der Waals surface area contributed by atoms with Crippen LogP contribution in [0.4, 0.5) is 0 Å². The Hall–Kier alpha value is -1.40. The molecule has 1 aromatic carbocycles. The van der Waals surface area contributed by atoms with Crippen LogP contribution in [0.3, 0.4) is 0 Å². The van der Waals surface area contributed by atoms with Gasteiger partial charge in [0.05, 0.1) is 18.8 Å². The lowest BCUT2D eigenvalue weighted by Gasteiger charge is -2.11. The van der Waals surface area contributed by atoms with E-state index >= 15 is 0 Å². The normalized spacial score (nSPS) is 13.2. The summed E-state index contributed by atoms with van der Waals surface area (Å²) in [5.41, 5.74) is 1.59. The Morgan fingerprint density at radius 2 is 2.11 bits per heavy atom. The first-order chi connectivity index (χ1) is 8.83. The molecule has 1 unspecified atom stereocenters. The van der Waals surface area contributed by atoms with Gasteiger partial charge in [-0.1, -0.05) is 31.2 Å². The molecule has 6 heteroatoms. The molecular weight excluding hydrogens is 268 g/mol. The van der Waals surface area contributed by atoms with Crippen LogP contribution in [0.5, 0.6) is 0 Å². The first-order valence-corrected chi connectivity index (χ1v) is 7.81. The van der Waals surface area contributed by atoms with Crippen LogP contribution in [0.1, 0.15) is 30.4 Å². The van der Waals surface area contributed by atoms with E-state index in [0.29, 0.717) is 12.8 Å². The zero-order valence-corrected chi connectivity index (χ0v) is 11.8. The summed E-state index contributed by atoms with van der Waals surface area (Å²) in [5.74, 6) is -1.39. The predicted octanol–water partition coefficient (Wildman–Crippen LogP) is 1.78. The second-order valence-corrected chi connectivity index (χ2v) is 5.96. The van der Waals surface area contributed by atoms with E-state index in [0.717, 1.165) is 17.4 Å². The molecule has 0 aliphatic rings. The van der Waals surface area contributed by atoms with E-state index in [-0.39, 0.29) is 6.61 Å². The maximum absolute atomic E-state index is 11.1. The Labute approximate surface area is 113 Å². The lowest BCUT2D eigenvalue weighted by Crippen LogP contribution is -2.11. The highest BCUT2D eigenvalue weighted by Gasteiger charge is 2.17. The van der Waals surface area contributed by atoms with Gasteiger partial charge in [0.25, 0.3) is 10.1 Å². The zero-order valence-electron chi connectivity index (χ0n) is 11.0. The molecule has 1 rings (SSSR count). The Morgan fingerprint density at radius 1 is 1.42 bits per heavy atom. The Kier molecular flexibility index (Phi) is 5.50. The number of hydrogen-bond acceptors (Lipinski definition) is 4. The van der Waals surface area contributed by atoms with Crippen LogP contribution in [-0.2, 0) is 25.5 Å². The first-order valence-electron chi connectivity index (χ1n) is 5.99. The second kappa shape index (κ2) is 6.68. The lowest BCUT2D eigenvalue weighted by atomic mass is 9.94. The van der Waals surface area contributed by atoms with Crippen molar-refractivity contribution in [2.75, 3.05) is 12.9 Å². The average molecular weight is 286 g/mol. The molecule has 1 N–H and O–H groups in total. The minimum Gasteiger partial charge on any atom is -0.481 e. The maximum Gasteiger partial charge on any atom is 0.310 e. The highest BCUT2D eigenvalue weighted by atomic mass is 32.2. The van der Waals surface area contributed by atoms with E-state index in [1.54, 1.807) is 18.2 Å². The highest BCUT2D eigenvalue weighted by Crippen LogP contribution is 2.21. The molecule has 106 valence electrons. The molecule has 0 amide bonds. The SMILES string of the molecule is CCC(C(=O)O)c1cccc(CCOS(C)(=O)=O)c1. The minimum absolute atomic E-state index is 0.0617. The molecule has 0 saturated carbocycles. The molecule has 1 atom stereocenters. The monoisotopic (exact) mass is 286 g/mol. The third kappa shape index (κ3) is 5.40. The van der Waals surface area contributed by atoms with Gasteiger partial charge in [0, 0.05) is 0 Å². The van der Waals surface area contributed by atoms with Crippen LogP contribution >= 0.6 is 0 Å². The summed E-state index contributed by atoms with van der Waals surface area (Å²) in [4.78, 5) is 11.1. The van der Waals surface area contributed by atoms with Crippen LogP contribution in [0.2, 0.25) is 0 Å². The Bertz CT molecular complexity index is 536. The van der Waals surface area contributed by atoms with E-state index in [9.17, 15) is 13.2 Å². The van der Waals surface area contributed by atoms with Crippen LogP contribution in [-0.4, -0.2) is 32.4 Å². The summed E-state index contributed by atoms with van der Waals surface area (Å²) in [6, 6.07) is 7.15. The van der Waals surface area contributed by atoms with Crippen molar-refractivity contribution in [1.29, 1.82) is 0 Å². The van der Waals surface area contributed by atoms with Crippen LogP contribution < -0.4 is 0 Å². The summed E-state index contributed by atoms with van der Waals surface area (Å²) >= 11 is 0. The summed E-state index contributed by atoms with van der Waals surface area (Å²) in [6.45, 7) is 1.88. The van der Waals surface area contributed by atoms with Gasteiger partial charge in [-0.25, -0.2) is 0 Å². The number of carboxylic acid groups (broad SMARTS) is 1. The topological polar surface area (TPSA) is 80.7 Å². The number of aliphatic carboxylic acids is 1. The third-order valence-corrected chi connectivity index (χ3v) is 3.34. The smallest absolute Gasteiger partial charge is 0.310 e. The van der Waals surface area contributed by atoms with E-state index in [4.69, 9.17) is 5.11 Å². The van der Waals surface area contributed by atoms with Crippen molar-refractivity contribution in [3.63, 3.8) is 0 Å². The van der Waals surface area contributed by atoms with Gasteiger partial charge < -0.3 is 5.11 Å². The molecule has 0 aromatic heterocycles. The number of hydrogen-bond donors (Lipinski definition) is 1. The standard InChI is InChI=1S/C13H18O5S/c1-3-12(13(14)15)11-6-4-5-10(9-11)7-8-18-19(2,16)17/h4-6,9,12H,3,7-8H2,1-2H3,(H,14,15). The number of benzene rings is 1. The van der Waals surface area contributed by atoms with E-state index in [1.165, 1.54) is 0 Å². The largest absolute Gasteiger partial charge is 0.481 e. The van der Waals surface area contributed by atoms with Crippen molar-refractivity contribution in [2.24, 2.45) is 0 Å². The molecule has 0 heterocycles. The molecule has 19 heavy (non-hydrogen) atoms. The molecule has 0 saturated heterocycles. The van der Waals surface area contributed by atoms with Crippen LogP contribution in [0.25, 0.3) is 0 Å².